The Hall–Kier alpha value is -0.680. The molecule has 0 aromatic heterocycles. The number of hydrogen-bond donors (Lipinski definition) is 1. The van der Waals surface area contributed by atoms with Gasteiger partial charge in [0, 0.05) is 20.2 Å². The first-order valence-corrected chi connectivity index (χ1v) is 6.49. The van der Waals surface area contributed by atoms with Gasteiger partial charge in [-0.3, -0.25) is 4.79 Å². The highest BCUT2D eigenvalue weighted by Gasteiger charge is 2.31. The molecule has 1 aliphatic heterocycles. The van der Waals surface area contributed by atoms with Crippen LogP contribution in [-0.2, 0) is 9.53 Å². The second kappa shape index (κ2) is 6.31. The average Bonchev–Trinajstić information content (AvgIpc) is 2.28. The molecule has 1 amide bonds. The van der Waals surface area contributed by atoms with E-state index in [0.717, 1.165) is 25.9 Å². The van der Waals surface area contributed by atoms with Gasteiger partial charge in [0.25, 0.3) is 0 Å². The molecule has 0 aromatic rings. The summed E-state index contributed by atoms with van der Waals surface area (Å²) in [7, 11) is 1.72. The lowest BCUT2D eigenvalue weighted by molar-refractivity contribution is -0.136. The maximum atomic E-state index is 12.3. The molecule has 1 unspecified atom stereocenters. The number of piperidine rings is 1. The fourth-order valence-corrected chi connectivity index (χ4v) is 2.62. The van der Waals surface area contributed by atoms with Gasteiger partial charge in [0.15, 0.2) is 0 Å². The van der Waals surface area contributed by atoms with Gasteiger partial charge in [0.05, 0.1) is 17.0 Å². The van der Waals surface area contributed by atoms with E-state index in [1.165, 1.54) is 0 Å². The van der Waals surface area contributed by atoms with Crippen LogP contribution >= 0.6 is 12.2 Å². The summed E-state index contributed by atoms with van der Waals surface area (Å²) in [5, 5.41) is 0. The molecule has 0 bridgehead atoms. The van der Waals surface area contributed by atoms with E-state index >= 15 is 0 Å². The van der Waals surface area contributed by atoms with Crippen LogP contribution in [0.2, 0.25) is 0 Å². The number of rotatable bonds is 4. The summed E-state index contributed by atoms with van der Waals surface area (Å²) in [6.45, 7) is 5.43. The van der Waals surface area contributed by atoms with Crippen molar-refractivity contribution in [2.24, 2.45) is 17.6 Å². The Balaban J connectivity index is 2.61. The zero-order valence-corrected chi connectivity index (χ0v) is 11.6. The molecule has 1 aliphatic rings. The van der Waals surface area contributed by atoms with E-state index in [2.05, 4.69) is 0 Å². The number of methoxy groups -OCH3 is 1. The van der Waals surface area contributed by atoms with Crippen molar-refractivity contribution in [3.05, 3.63) is 0 Å². The van der Waals surface area contributed by atoms with Gasteiger partial charge < -0.3 is 15.4 Å². The third-order valence-corrected chi connectivity index (χ3v) is 3.58. The molecule has 1 atom stereocenters. The molecule has 1 heterocycles. The quantitative estimate of drug-likeness (QED) is 0.769. The summed E-state index contributed by atoms with van der Waals surface area (Å²) in [6.07, 6.45) is 2.07. The number of carbonyl (C=O) groups is 1. The van der Waals surface area contributed by atoms with E-state index in [0.29, 0.717) is 4.99 Å². The standard InChI is InChI=1S/C12H22N2O2S/c1-8(2)10(11(13)17)12(15)14-6-4-9(16-3)5-7-14/h8-10H,4-7H2,1-3H3,(H2,13,17). The maximum absolute atomic E-state index is 12.3. The molecule has 0 aromatic carbocycles. The molecule has 0 spiro atoms. The van der Waals surface area contributed by atoms with Crippen LogP contribution in [0.4, 0.5) is 0 Å². The number of ether oxygens (including phenoxy) is 1. The van der Waals surface area contributed by atoms with E-state index in [9.17, 15) is 4.79 Å². The van der Waals surface area contributed by atoms with Gasteiger partial charge in [-0.1, -0.05) is 26.1 Å². The van der Waals surface area contributed by atoms with Gasteiger partial charge in [-0.15, -0.1) is 0 Å². The molecular weight excluding hydrogens is 236 g/mol. The first-order chi connectivity index (χ1) is 7.97. The molecule has 1 fully saturated rings. The first kappa shape index (κ1) is 14.4. The predicted octanol–water partition coefficient (Wildman–Crippen LogP) is 1.18. The molecule has 0 saturated carbocycles. The zero-order chi connectivity index (χ0) is 13.0. The summed E-state index contributed by atoms with van der Waals surface area (Å²) >= 11 is 4.99. The average molecular weight is 258 g/mol. The Morgan fingerprint density at radius 3 is 2.29 bits per heavy atom. The van der Waals surface area contributed by atoms with Crippen LogP contribution in [0.5, 0.6) is 0 Å². The van der Waals surface area contributed by atoms with Gasteiger partial charge >= 0.3 is 0 Å². The number of carbonyl (C=O) groups excluding carboxylic acids is 1. The van der Waals surface area contributed by atoms with Crippen molar-refractivity contribution in [1.82, 2.24) is 4.90 Å². The van der Waals surface area contributed by atoms with E-state index in [1.54, 1.807) is 7.11 Å². The maximum Gasteiger partial charge on any atom is 0.232 e. The van der Waals surface area contributed by atoms with Gasteiger partial charge in [0.2, 0.25) is 5.91 Å². The molecular formula is C12H22N2O2S. The smallest absolute Gasteiger partial charge is 0.232 e. The largest absolute Gasteiger partial charge is 0.393 e. The van der Waals surface area contributed by atoms with Crippen LogP contribution in [0.1, 0.15) is 26.7 Å². The minimum Gasteiger partial charge on any atom is -0.393 e. The summed E-state index contributed by atoms with van der Waals surface area (Å²) < 4.78 is 5.29. The van der Waals surface area contributed by atoms with Crippen molar-refractivity contribution in [3.8, 4) is 0 Å². The summed E-state index contributed by atoms with van der Waals surface area (Å²) in [6, 6.07) is 0. The van der Waals surface area contributed by atoms with Crippen LogP contribution in [0.15, 0.2) is 0 Å². The summed E-state index contributed by atoms with van der Waals surface area (Å²) in [5.74, 6) is -0.105. The molecule has 0 radical (unpaired) electrons. The number of amides is 1. The predicted molar refractivity (Wildman–Crippen MR) is 71.7 cm³/mol. The van der Waals surface area contributed by atoms with E-state index in [4.69, 9.17) is 22.7 Å². The topological polar surface area (TPSA) is 55.6 Å². The molecule has 98 valence electrons. The minimum absolute atomic E-state index is 0.0713. The monoisotopic (exact) mass is 258 g/mol. The summed E-state index contributed by atoms with van der Waals surface area (Å²) in [5.41, 5.74) is 5.66. The van der Waals surface area contributed by atoms with Crippen molar-refractivity contribution in [3.63, 3.8) is 0 Å². The Morgan fingerprint density at radius 1 is 1.41 bits per heavy atom. The van der Waals surface area contributed by atoms with Crippen LogP contribution in [-0.4, -0.2) is 42.1 Å². The molecule has 17 heavy (non-hydrogen) atoms. The Labute approximate surface area is 108 Å². The number of likely N-dealkylation sites (tertiary alicyclic amines) is 1. The highest BCUT2D eigenvalue weighted by molar-refractivity contribution is 7.80. The summed E-state index contributed by atoms with van der Waals surface area (Å²) in [4.78, 5) is 14.5. The molecule has 2 N–H and O–H groups in total. The van der Waals surface area contributed by atoms with Gasteiger partial charge in [0.1, 0.15) is 0 Å². The third-order valence-electron chi connectivity index (χ3n) is 3.33. The highest BCUT2D eigenvalue weighted by Crippen LogP contribution is 2.19. The molecule has 5 heteroatoms. The first-order valence-electron chi connectivity index (χ1n) is 6.08. The fraction of sp³-hybridized carbons (Fsp3) is 0.833. The Morgan fingerprint density at radius 2 is 1.94 bits per heavy atom. The van der Waals surface area contributed by atoms with Crippen LogP contribution in [0.25, 0.3) is 0 Å². The van der Waals surface area contributed by atoms with Crippen molar-refractivity contribution >= 4 is 23.1 Å². The van der Waals surface area contributed by atoms with Gasteiger partial charge in [-0.2, -0.15) is 0 Å². The Bertz CT molecular complexity index is 286. The van der Waals surface area contributed by atoms with Crippen molar-refractivity contribution in [1.29, 1.82) is 0 Å². The lowest BCUT2D eigenvalue weighted by Crippen LogP contribution is -2.47. The lowest BCUT2D eigenvalue weighted by atomic mass is 9.93. The van der Waals surface area contributed by atoms with Crippen molar-refractivity contribution < 1.29 is 9.53 Å². The number of hydrogen-bond acceptors (Lipinski definition) is 3. The fourth-order valence-electron chi connectivity index (χ4n) is 2.24. The third kappa shape index (κ3) is 3.64. The van der Waals surface area contributed by atoms with Gasteiger partial charge in [-0.25, -0.2) is 0 Å². The second-order valence-electron chi connectivity index (χ2n) is 4.88. The normalized spacial score (nSPS) is 19.4. The lowest BCUT2D eigenvalue weighted by Gasteiger charge is -2.34. The van der Waals surface area contributed by atoms with E-state index in [-0.39, 0.29) is 23.8 Å². The highest BCUT2D eigenvalue weighted by atomic mass is 32.1. The Kier molecular flexibility index (Phi) is 5.33. The number of nitrogens with zero attached hydrogens (tertiary/aromatic N) is 1. The molecule has 0 aliphatic carbocycles. The van der Waals surface area contributed by atoms with E-state index in [1.807, 2.05) is 18.7 Å². The SMILES string of the molecule is COC1CCN(C(=O)C(C(N)=S)C(C)C)CC1. The van der Waals surface area contributed by atoms with Crippen LogP contribution in [0, 0.1) is 11.8 Å². The van der Waals surface area contributed by atoms with Crippen molar-refractivity contribution in [2.45, 2.75) is 32.8 Å². The van der Waals surface area contributed by atoms with Crippen molar-refractivity contribution in [2.75, 3.05) is 20.2 Å². The van der Waals surface area contributed by atoms with E-state index < -0.39 is 0 Å². The van der Waals surface area contributed by atoms with Crippen LogP contribution < -0.4 is 5.73 Å². The number of thiocarbonyl (C=S) groups is 1. The van der Waals surface area contributed by atoms with Gasteiger partial charge in [-0.05, 0) is 18.8 Å². The van der Waals surface area contributed by atoms with Crippen LogP contribution in [0.3, 0.4) is 0 Å². The zero-order valence-electron chi connectivity index (χ0n) is 10.8. The second-order valence-corrected chi connectivity index (χ2v) is 5.36. The minimum atomic E-state index is -0.330. The number of nitrogens with two attached hydrogens (primary N) is 1. The molecule has 1 rings (SSSR count). The molecule has 1 saturated heterocycles. The molecule has 4 nitrogen and oxygen atoms in total.